The van der Waals surface area contributed by atoms with E-state index in [1.165, 1.54) is 12.4 Å². The monoisotopic (exact) mass is 306 g/mol. The van der Waals surface area contributed by atoms with Crippen LogP contribution < -0.4 is 4.74 Å². The van der Waals surface area contributed by atoms with Crippen LogP contribution in [0.25, 0.3) is 0 Å². The molecule has 21 heavy (non-hydrogen) atoms. The number of benzene rings is 1. The highest BCUT2D eigenvalue weighted by Crippen LogP contribution is 2.17. The van der Waals surface area contributed by atoms with Crippen molar-refractivity contribution < 1.29 is 14.6 Å². The molecule has 6 heteroatoms. The van der Waals surface area contributed by atoms with Crippen LogP contribution in [0.2, 0.25) is 5.15 Å². The maximum absolute atomic E-state index is 11.4. The highest BCUT2D eigenvalue weighted by molar-refractivity contribution is 6.29. The van der Waals surface area contributed by atoms with Crippen molar-refractivity contribution in [1.82, 2.24) is 9.97 Å². The Labute approximate surface area is 127 Å². The van der Waals surface area contributed by atoms with Crippen LogP contribution in [-0.4, -0.2) is 28.2 Å². The molecule has 0 aliphatic carbocycles. The van der Waals surface area contributed by atoms with Gasteiger partial charge in [-0.3, -0.25) is 9.78 Å². The van der Waals surface area contributed by atoms with Gasteiger partial charge in [0.15, 0.2) is 0 Å². The molecule has 1 heterocycles. The minimum atomic E-state index is -0.859. The van der Waals surface area contributed by atoms with E-state index in [-0.39, 0.29) is 0 Å². The van der Waals surface area contributed by atoms with Gasteiger partial charge in [0, 0.05) is 6.42 Å². The molecular weight excluding hydrogens is 292 g/mol. The van der Waals surface area contributed by atoms with Crippen LogP contribution in [0, 0.1) is 5.92 Å². The van der Waals surface area contributed by atoms with E-state index in [0.29, 0.717) is 23.7 Å². The smallest absolute Gasteiger partial charge is 0.307 e. The summed E-state index contributed by atoms with van der Waals surface area (Å²) in [5.41, 5.74) is 1.55. The molecule has 0 bridgehead atoms. The summed E-state index contributed by atoms with van der Waals surface area (Å²) >= 11 is 5.67. The van der Waals surface area contributed by atoms with Gasteiger partial charge in [0.05, 0.1) is 31.1 Å². The average Bonchev–Trinajstić information content (AvgIpc) is 2.49. The number of halogens is 1. The summed E-state index contributed by atoms with van der Waals surface area (Å²) in [4.78, 5) is 19.4. The molecule has 1 aromatic heterocycles. The van der Waals surface area contributed by atoms with Gasteiger partial charge < -0.3 is 9.84 Å². The Kier molecular flexibility index (Phi) is 5.11. The minimum absolute atomic E-state index is 0.292. The van der Waals surface area contributed by atoms with Crippen molar-refractivity contribution >= 4 is 17.6 Å². The highest BCUT2D eigenvalue weighted by Gasteiger charge is 2.19. The molecule has 5 nitrogen and oxygen atoms in total. The molecule has 0 saturated heterocycles. The molecule has 1 N–H and O–H groups in total. The maximum Gasteiger partial charge on any atom is 0.307 e. The lowest BCUT2D eigenvalue weighted by atomic mass is 9.95. The van der Waals surface area contributed by atoms with Crippen molar-refractivity contribution in [2.24, 2.45) is 5.92 Å². The van der Waals surface area contributed by atoms with Crippen molar-refractivity contribution in [1.29, 1.82) is 0 Å². The number of ether oxygens (including phenoxy) is 1. The average molecular weight is 307 g/mol. The number of hydrogen-bond donors (Lipinski definition) is 1. The summed E-state index contributed by atoms with van der Waals surface area (Å²) in [6, 6.07) is 7.36. The van der Waals surface area contributed by atoms with Crippen LogP contribution in [0.3, 0.4) is 0 Å². The Bertz CT molecular complexity index is 599. The van der Waals surface area contributed by atoms with Gasteiger partial charge in [0.1, 0.15) is 10.9 Å². The number of methoxy groups -OCH3 is 1. The van der Waals surface area contributed by atoms with Gasteiger partial charge in [-0.1, -0.05) is 23.7 Å². The van der Waals surface area contributed by atoms with E-state index in [2.05, 4.69) is 9.97 Å². The summed E-state index contributed by atoms with van der Waals surface area (Å²) in [5, 5.41) is 9.64. The molecule has 110 valence electrons. The van der Waals surface area contributed by atoms with Crippen molar-refractivity contribution in [3.05, 3.63) is 53.1 Å². The number of aliphatic carboxylic acids is 1. The largest absolute Gasteiger partial charge is 0.497 e. The molecule has 0 radical (unpaired) electrons. The molecule has 2 rings (SSSR count). The van der Waals surface area contributed by atoms with Crippen molar-refractivity contribution in [3.63, 3.8) is 0 Å². The molecule has 2 aromatic rings. The number of carboxylic acids is 1. The quantitative estimate of drug-likeness (QED) is 0.888. The SMILES string of the molecule is COc1ccc(CC(Cc2cnc(Cl)cn2)C(=O)O)cc1. The lowest BCUT2D eigenvalue weighted by molar-refractivity contribution is -0.141. The van der Waals surface area contributed by atoms with Crippen LogP contribution in [0.1, 0.15) is 11.3 Å². The van der Waals surface area contributed by atoms with Crippen LogP contribution >= 0.6 is 11.6 Å². The van der Waals surface area contributed by atoms with E-state index in [1.807, 2.05) is 24.3 Å². The van der Waals surface area contributed by atoms with E-state index in [9.17, 15) is 9.90 Å². The van der Waals surface area contributed by atoms with Gasteiger partial charge in [0.25, 0.3) is 0 Å². The van der Waals surface area contributed by atoms with Crippen molar-refractivity contribution in [2.75, 3.05) is 7.11 Å². The summed E-state index contributed by atoms with van der Waals surface area (Å²) in [6.07, 6.45) is 3.66. The zero-order valence-corrected chi connectivity index (χ0v) is 12.2. The molecule has 1 aromatic carbocycles. The predicted octanol–water partition coefficient (Wildman–Crippen LogP) is 2.62. The normalized spacial score (nSPS) is 11.9. The summed E-state index contributed by atoms with van der Waals surface area (Å²) < 4.78 is 5.08. The lowest BCUT2D eigenvalue weighted by Gasteiger charge is -2.12. The molecule has 0 aliphatic heterocycles. The first-order chi connectivity index (χ1) is 10.1. The highest BCUT2D eigenvalue weighted by atomic mass is 35.5. The fraction of sp³-hybridized carbons (Fsp3) is 0.267. The Morgan fingerprint density at radius 1 is 1.24 bits per heavy atom. The van der Waals surface area contributed by atoms with Gasteiger partial charge in [-0.2, -0.15) is 0 Å². The Morgan fingerprint density at radius 2 is 1.95 bits per heavy atom. The van der Waals surface area contributed by atoms with Gasteiger partial charge in [-0.25, -0.2) is 4.98 Å². The third kappa shape index (κ3) is 4.43. The van der Waals surface area contributed by atoms with Crippen LogP contribution in [0.5, 0.6) is 5.75 Å². The molecular formula is C15H15ClN2O3. The number of nitrogens with zero attached hydrogens (tertiary/aromatic N) is 2. The number of carbonyl (C=O) groups is 1. The minimum Gasteiger partial charge on any atom is -0.497 e. The molecule has 1 unspecified atom stereocenters. The topological polar surface area (TPSA) is 72.3 Å². The number of aromatic nitrogens is 2. The second-order valence-corrected chi connectivity index (χ2v) is 5.01. The van der Waals surface area contributed by atoms with Crippen LogP contribution in [0.4, 0.5) is 0 Å². The van der Waals surface area contributed by atoms with Gasteiger partial charge in [-0.05, 0) is 24.1 Å². The molecule has 1 atom stereocenters. The Morgan fingerprint density at radius 3 is 2.48 bits per heavy atom. The second kappa shape index (κ2) is 7.04. The standard InChI is InChI=1S/C15H15ClN2O3/c1-21-13-4-2-10(3-5-13)6-11(15(19)20)7-12-8-18-14(16)9-17-12/h2-5,8-9,11H,6-7H2,1H3,(H,19,20). The molecule has 0 amide bonds. The summed E-state index contributed by atoms with van der Waals surface area (Å²) in [7, 11) is 1.59. The third-order valence-electron chi connectivity index (χ3n) is 3.12. The van der Waals surface area contributed by atoms with Gasteiger partial charge in [0.2, 0.25) is 0 Å². The maximum atomic E-state index is 11.4. The van der Waals surface area contributed by atoms with Crippen molar-refractivity contribution in [2.45, 2.75) is 12.8 Å². The van der Waals surface area contributed by atoms with E-state index in [1.54, 1.807) is 7.11 Å². The third-order valence-corrected chi connectivity index (χ3v) is 3.31. The van der Waals surface area contributed by atoms with Crippen LogP contribution in [0.15, 0.2) is 36.7 Å². The van der Waals surface area contributed by atoms with Crippen LogP contribution in [-0.2, 0) is 17.6 Å². The molecule has 0 saturated carbocycles. The Hall–Kier alpha value is -2.14. The number of carboxylic acid groups (broad SMARTS) is 1. The first-order valence-electron chi connectivity index (χ1n) is 6.40. The zero-order chi connectivity index (χ0) is 15.2. The fourth-order valence-corrected chi connectivity index (χ4v) is 2.09. The first kappa shape index (κ1) is 15.3. The lowest BCUT2D eigenvalue weighted by Crippen LogP contribution is -2.19. The zero-order valence-electron chi connectivity index (χ0n) is 11.5. The van der Waals surface area contributed by atoms with E-state index in [0.717, 1.165) is 11.3 Å². The number of rotatable bonds is 6. The van der Waals surface area contributed by atoms with E-state index < -0.39 is 11.9 Å². The van der Waals surface area contributed by atoms with Gasteiger partial charge in [-0.15, -0.1) is 0 Å². The summed E-state index contributed by atoms with van der Waals surface area (Å²) in [5.74, 6) is -0.675. The van der Waals surface area contributed by atoms with E-state index in [4.69, 9.17) is 16.3 Å². The number of hydrogen-bond acceptors (Lipinski definition) is 4. The first-order valence-corrected chi connectivity index (χ1v) is 6.78. The molecule has 0 aliphatic rings. The van der Waals surface area contributed by atoms with Gasteiger partial charge >= 0.3 is 5.97 Å². The van der Waals surface area contributed by atoms with E-state index >= 15 is 0 Å². The second-order valence-electron chi connectivity index (χ2n) is 4.62. The fourth-order valence-electron chi connectivity index (χ4n) is 1.99. The predicted molar refractivity (Wildman–Crippen MR) is 78.6 cm³/mol. The summed E-state index contributed by atoms with van der Waals surface area (Å²) in [6.45, 7) is 0. The molecule has 0 spiro atoms. The Balaban J connectivity index is 2.07. The molecule has 0 fully saturated rings. The van der Waals surface area contributed by atoms with Crippen molar-refractivity contribution in [3.8, 4) is 5.75 Å².